The van der Waals surface area contributed by atoms with E-state index in [2.05, 4.69) is 22.3 Å². The molecule has 0 spiro atoms. The molecule has 0 bridgehead atoms. The van der Waals surface area contributed by atoms with Gasteiger partial charge in [-0.15, -0.1) is 0 Å². The van der Waals surface area contributed by atoms with Gasteiger partial charge in [-0.25, -0.2) is 0 Å². The molecule has 0 saturated carbocycles. The first-order valence-electron chi connectivity index (χ1n) is 7.94. The maximum Gasteiger partial charge on any atom is 0.227 e. The minimum atomic E-state index is -0.184. The van der Waals surface area contributed by atoms with E-state index in [1.807, 2.05) is 12.1 Å². The molecule has 1 aromatic carbocycles. The van der Waals surface area contributed by atoms with Crippen LogP contribution in [0.5, 0.6) is 0 Å². The van der Waals surface area contributed by atoms with E-state index in [0.29, 0.717) is 18.8 Å². The normalized spacial score (nSPS) is 21.0. The van der Waals surface area contributed by atoms with Crippen molar-refractivity contribution in [3.8, 4) is 0 Å². The van der Waals surface area contributed by atoms with Crippen molar-refractivity contribution in [1.29, 1.82) is 0 Å². The smallest absolute Gasteiger partial charge is 0.227 e. The topological polar surface area (TPSA) is 69.6 Å². The second-order valence-corrected chi connectivity index (χ2v) is 6.28. The van der Waals surface area contributed by atoms with Crippen molar-refractivity contribution in [2.24, 2.45) is 5.92 Å². The standard InChI is InChI=1S/C17H22N2O3/c20-11-12-5-7-19(8-6-12)15-3-1-13(2-4-15)14-9-16(21)18-17(22)10-14/h1-4,12,14,20H,5-11H2,(H,18,21,22). The molecule has 22 heavy (non-hydrogen) atoms. The summed E-state index contributed by atoms with van der Waals surface area (Å²) < 4.78 is 0. The number of anilines is 1. The average Bonchev–Trinajstić information content (AvgIpc) is 2.54. The van der Waals surface area contributed by atoms with Crippen LogP contribution in [0.25, 0.3) is 0 Å². The van der Waals surface area contributed by atoms with Gasteiger partial charge < -0.3 is 10.0 Å². The molecule has 0 aromatic heterocycles. The number of benzene rings is 1. The zero-order chi connectivity index (χ0) is 15.5. The number of hydrogen-bond donors (Lipinski definition) is 2. The molecule has 1 aromatic rings. The van der Waals surface area contributed by atoms with E-state index in [4.69, 9.17) is 0 Å². The molecular weight excluding hydrogens is 280 g/mol. The van der Waals surface area contributed by atoms with Crippen molar-refractivity contribution in [1.82, 2.24) is 5.32 Å². The Hall–Kier alpha value is -1.88. The lowest BCUT2D eigenvalue weighted by atomic mass is 9.89. The number of rotatable bonds is 3. The van der Waals surface area contributed by atoms with Gasteiger partial charge in [0.25, 0.3) is 0 Å². The lowest BCUT2D eigenvalue weighted by Crippen LogP contribution is -2.37. The number of carbonyl (C=O) groups excluding carboxylic acids is 2. The number of nitrogens with zero attached hydrogens (tertiary/aromatic N) is 1. The summed E-state index contributed by atoms with van der Waals surface area (Å²) in [4.78, 5) is 25.3. The van der Waals surface area contributed by atoms with Crippen molar-refractivity contribution in [2.45, 2.75) is 31.6 Å². The first-order chi connectivity index (χ1) is 10.7. The quantitative estimate of drug-likeness (QED) is 0.829. The van der Waals surface area contributed by atoms with Gasteiger partial charge >= 0.3 is 0 Å². The van der Waals surface area contributed by atoms with Crippen LogP contribution >= 0.6 is 0 Å². The highest BCUT2D eigenvalue weighted by atomic mass is 16.3. The Balaban J connectivity index is 1.65. The summed E-state index contributed by atoms with van der Waals surface area (Å²) in [7, 11) is 0. The maximum atomic E-state index is 11.5. The Labute approximate surface area is 130 Å². The van der Waals surface area contributed by atoms with Crippen molar-refractivity contribution < 1.29 is 14.7 Å². The van der Waals surface area contributed by atoms with Gasteiger partial charge in [0.2, 0.25) is 11.8 Å². The number of aliphatic hydroxyl groups is 1. The summed E-state index contributed by atoms with van der Waals surface area (Å²) in [5, 5.41) is 11.5. The van der Waals surface area contributed by atoms with Crippen LogP contribution in [0.1, 0.15) is 37.2 Å². The molecule has 2 heterocycles. The van der Waals surface area contributed by atoms with E-state index in [9.17, 15) is 14.7 Å². The summed E-state index contributed by atoms with van der Waals surface area (Å²) in [5.74, 6) is 0.0607. The van der Waals surface area contributed by atoms with Crippen LogP contribution in [0.4, 0.5) is 5.69 Å². The fourth-order valence-electron chi connectivity index (χ4n) is 3.34. The van der Waals surface area contributed by atoms with E-state index < -0.39 is 0 Å². The third kappa shape index (κ3) is 3.30. The summed E-state index contributed by atoms with van der Waals surface area (Å²) in [6, 6.07) is 8.21. The Bertz CT molecular complexity index is 532. The predicted molar refractivity (Wildman–Crippen MR) is 83.6 cm³/mol. The van der Waals surface area contributed by atoms with Gasteiger partial charge in [-0.1, -0.05) is 12.1 Å². The largest absolute Gasteiger partial charge is 0.396 e. The average molecular weight is 302 g/mol. The van der Waals surface area contributed by atoms with Gasteiger partial charge in [0.05, 0.1) is 0 Å². The Morgan fingerprint density at radius 3 is 2.18 bits per heavy atom. The van der Waals surface area contributed by atoms with Crippen LogP contribution < -0.4 is 10.2 Å². The molecular formula is C17H22N2O3. The highest BCUT2D eigenvalue weighted by Crippen LogP contribution is 2.29. The number of imide groups is 1. The first-order valence-corrected chi connectivity index (χ1v) is 7.94. The fraction of sp³-hybridized carbons (Fsp3) is 0.529. The molecule has 0 radical (unpaired) electrons. The molecule has 2 saturated heterocycles. The van der Waals surface area contributed by atoms with Gasteiger partial charge in [-0.3, -0.25) is 14.9 Å². The third-order valence-corrected chi connectivity index (χ3v) is 4.74. The van der Waals surface area contributed by atoms with Crippen LogP contribution in [-0.2, 0) is 9.59 Å². The first kappa shape index (κ1) is 15.0. The summed E-state index contributed by atoms with van der Waals surface area (Å²) in [6.45, 7) is 2.22. The number of nitrogens with one attached hydrogen (secondary N) is 1. The molecule has 5 heteroatoms. The lowest BCUT2D eigenvalue weighted by molar-refractivity contribution is -0.133. The SMILES string of the molecule is O=C1CC(c2ccc(N3CCC(CO)CC3)cc2)CC(=O)N1. The van der Waals surface area contributed by atoms with E-state index in [0.717, 1.165) is 31.5 Å². The monoisotopic (exact) mass is 302 g/mol. The summed E-state index contributed by atoms with van der Waals surface area (Å²) in [5.41, 5.74) is 2.23. The van der Waals surface area contributed by atoms with Crippen molar-refractivity contribution in [3.05, 3.63) is 29.8 Å². The van der Waals surface area contributed by atoms with Gasteiger partial charge in [0.15, 0.2) is 0 Å². The number of aliphatic hydroxyl groups excluding tert-OH is 1. The Morgan fingerprint density at radius 1 is 1.05 bits per heavy atom. The number of hydrogen-bond acceptors (Lipinski definition) is 4. The number of piperidine rings is 2. The van der Waals surface area contributed by atoms with E-state index in [1.165, 1.54) is 5.69 Å². The van der Waals surface area contributed by atoms with Crippen LogP contribution in [-0.4, -0.2) is 36.6 Å². The van der Waals surface area contributed by atoms with Gasteiger partial charge in [-0.2, -0.15) is 0 Å². The predicted octanol–water partition coefficient (Wildman–Crippen LogP) is 1.42. The minimum Gasteiger partial charge on any atom is -0.396 e. The molecule has 118 valence electrons. The van der Waals surface area contributed by atoms with Gasteiger partial charge in [0, 0.05) is 44.1 Å². The highest BCUT2D eigenvalue weighted by Gasteiger charge is 2.26. The maximum absolute atomic E-state index is 11.5. The van der Waals surface area contributed by atoms with Crippen molar-refractivity contribution in [3.63, 3.8) is 0 Å². The second-order valence-electron chi connectivity index (χ2n) is 6.28. The van der Waals surface area contributed by atoms with Crippen molar-refractivity contribution >= 4 is 17.5 Å². The second kappa shape index (κ2) is 6.48. The van der Waals surface area contributed by atoms with Gasteiger partial charge in [-0.05, 0) is 36.5 Å². The van der Waals surface area contributed by atoms with E-state index in [-0.39, 0.29) is 24.3 Å². The minimum absolute atomic E-state index is 0.00424. The molecule has 0 atom stereocenters. The zero-order valence-electron chi connectivity index (χ0n) is 12.6. The molecule has 0 aliphatic carbocycles. The molecule has 2 N–H and O–H groups in total. The summed E-state index contributed by atoms with van der Waals surface area (Å²) >= 11 is 0. The third-order valence-electron chi connectivity index (χ3n) is 4.74. The zero-order valence-corrected chi connectivity index (χ0v) is 12.6. The molecule has 0 unspecified atom stereocenters. The van der Waals surface area contributed by atoms with Crippen LogP contribution in [0.2, 0.25) is 0 Å². The number of amides is 2. The van der Waals surface area contributed by atoms with Crippen LogP contribution in [0.3, 0.4) is 0 Å². The lowest BCUT2D eigenvalue weighted by Gasteiger charge is -2.33. The Kier molecular flexibility index (Phi) is 4.43. The molecule has 2 amide bonds. The number of carbonyl (C=O) groups is 2. The molecule has 2 fully saturated rings. The molecule has 5 nitrogen and oxygen atoms in total. The van der Waals surface area contributed by atoms with E-state index >= 15 is 0 Å². The van der Waals surface area contributed by atoms with Crippen molar-refractivity contribution in [2.75, 3.05) is 24.6 Å². The van der Waals surface area contributed by atoms with Crippen LogP contribution in [0.15, 0.2) is 24.3 Å². The van der Waals surface area contributed by atoms with E-state index in [1.54, 1.807) is 0 Å². The van der Waals surface area contributed by atoms with Crippen LogP contribution in [0, 0.1) is 5.92 Å². The Morgan fingerprint density at radius 2 is 1.64 bits per heavy atom. The fourth-order valence-corrected chi connectivity index (χ4v) is 3.34. The summed E-state index contributed by atoms with van der Waals surface area (Å²) in [6.07, 6.45) is 2.81. The molecule has 2 aliphatic rings. The molecule has 2 aliphatic heterocycles. The molecule has 3 rings (SSSR count). The van der Waals surface area contributed by atoms with Gasteiger partial charge in [0.1, 0.15) is 0 Å². The highest BCUT2D eigenvalue weighted by molar-refractivity contribution is 5.98.